The maximum Gasteiger partial charge on any atom is 0.458 e. The number of ether oxygens (including phenoxy) is 1. The lowest BCUT2D eigenvalue weighted by Crippen LogP contribution is -2.27. The van der Waals surface area contributed by atoms with Crippen molar-refractivity contribution in [2.45, 2.75) is 89.3 Å². The van der Waals surface area contributed by atoms with E-state index in [-0.39, 0.29) is 23.6 Å². The van der Waals surface area contributed by atoms with Gasteiger partial charge in [0.25, 0.3) is 0 Å². The van der Waals surface area contributed by atoms with Crippen LogP contribution in [0, 0.1) is 52.9 Å². The van der Waals surface area contributed by atoms with E-state index in [0.29, 0.717) is 30.6 Å². The molecule has 2 aromatic rings. The van der Waals surface area contributed by atoms with Gasteiger partial charge in [0.05, 0.1) is 5.56 Å². The van der Waals surface area contributed by atoms with Crippen molar-refractivity contribution in [1.29, 1.82) is 0 Å². The predicted molar refractivity (Wildman–Crippen MR) is 135 cm³/mol. The minimum atomic E-state index is -5.05. The number of benzene rings is 2. The normalized spacial score (nSPS) is 23.6. The van der Waals surface area contributed by atoms with Crippen LogP contribution in [0.2, 0.25) is 0 Å². The Hall–Kier alpha value is -2.83. The molecule has 2 aliphatic carbocycles. The molecule has 0 radical (unpaired) electrons. The highest BCUT2D eigenvalue weighted by molar-refractivity contribution is 5.42. The highest BCUT2D eigenvalue weighted by Crippen LogP contribution is 2.45. The van der Waals surface area contributed by atoms with Gasteiger partial charge in [-0.3, -0.25) is 0 Å². The fraction of sp³-hybridized carbons (Fsp3) is 0.548. The number of alkyl halides is 5. The molecule has 2 fully saturated rings. The third-order valence-electron chi connectivity index (χ3n) is 8.44. The summed E-state index contributed by atoms with van der Waals surface area (Å²) in [5.74, 6) is -4.05. The molecule has 2 aliphatic rings. The molecule has 0 unspecified atom stereocenters. The summed E-state index contributed by atoms with van der Waals surface area (Å²) >= 11 is 0. The maximum absolute atomic E-state index is 14.9. The SMILES string of the molecule is CCCC1CCC(C2CCC(c3cc(F)c(C(F)(F)Oc4cc(F)c(C#CC(F)(F)F)c(F)c4)c(F)c3)CC2)CC1. The molecule has 0 N–H and O–H groups in total. The topological polar surface area (TPSA) is 9.23 Å². The van der Waals surface area contributed by atoms with Gasteiger partial charge in [0.2, 0.25) is 0 Å². The van der Waals surface area contributed by atoms with Crippen LogP contribution in [0.4, 0.5) is 39.5 Å². The van der Waals surface area contributed by atoms with Crippen molar-refractivity contribution in [3.63, 3.8) is 0 Å². The van der Waals surface area contributed by atoms with Crippen molar-refractivity contribution in [2.75, 3.05) is 0 Å². The molecule has 0 saturated heterocycles. The first-order chi connectivity index (χ1) is 19.3. The van der Waals surface area contributed by atoms with Gasteiger partial charge in [-0.1, -0.05) is 38.5 Å². The summed E-state index contributed by atoms with van der Waals surface area (Å²) in [5.41, 5.74) is -2.80. The van der Waals surface area contributed by atoms with Crippen LogP contribution in [0.15, 0.2) is 24.3 Å². The van der Waals surface area contributed by atoms with E-state index in [4.69, 9.17) is 0 Å². The van der Waals surface area contributed by atoms with Gasteiger partial charge in [0.1, 0.15) is 34.6 Å². The van der Waals surface area contributed by atoms with Crippen molar-refractivity contribution in [1.82, 2.24) is 0 Å². The molecular formula is C31H31F9O. The minimum absolute atomic E-state index is 0.163. The lowest BCUT2D eigenvalue weighted by atomic mass is 9.68. The Morgan fingerprint density at radius 2 is 1.24 bits per heavy atom. The van der Waals surface area contributed by atoms with Gasteiger partial charge in [0, 0.05) is 18.1 Å². The minimum Gasteiger partial charge on any atom is -0.429 e. The van der Waals surface area contributed by atoms with Crippen molar-refractivity contribution < 1.29 is 44.3 Å². The van der Waals surface area contributed by atoms with E-state index < -0.39 is 52.4 Å². The van der Waals surface area contributed by atoms with Gasteiger partial charge in [-0.2, -0.15) is 22.0 Å². The second-order valence-corrected chi connectivity index (χ2v) is 11.2. The summed E-state index contributed by atoms with van der Waals surface area (Å²) in [5, 5.41) is 0. The van der Waals surface area contributed by atoms with Crippen LogP contribution in [-0.4, -0.2) is 6.18 Å². The molecule has 224 valence electrons. The summed E-state index contributed by atoms with van der Waals surface area (Å²) < 4.78 is 129. The molecule has 10 heteroatoms. The van der Waals surface area contributed by atoms with Gasteiger partial charge >= 0.3 is 12.3 Å². The van der Waals surface area contributed by atoms with E-state index >= 15 is 0 Å². The zero-order valence-corrected chi connectivity index (χ0v) is 22.5. The van der Waals surface area contributed by atoms with E-state index in [1.165, 1.54) is 44.4 Å². The third kappa shape index (κ3) is 7.72. The molecule has 0 amide bonds. The van der Waals surface area contributed by atoms with Crippen LogP contribution < -0.4 is 4.74 Å². The molecule has 41 heavy (non-hydrogen) atoms. The Kier molecular flexibility index (Phi) is 9.55. The van der Waals surface area contributed by atoms with E-state index in [2.05, 4.69) is 11.7 Å². The van der Waals surface area contributed by atoms with E-state index in [9.17, 15) is 39.5 Å². The zero-order valence-electron chi connectivity index (χ0n) is 22.5. The van der Waals surface area contributed by atoms with Crippen molar-refractivity contribution in [3.05, 3.63) is 64.2 Å². The molecule has 0 aliphatic heterocycles. The first-order valence-electron chi connectivity index (χ1n) is 13.9. The molecule has 2 aromatic carbocycles. The largest absolute Gasteiger partial charge is 0.458 e. The van der Waals surface area contributed by atoms with Gasteiger partial charge in [-0.05, 0) is 79.9 Å². The lowest BCUT2D eigenvalue weighted by Gasteiger charge is -2.38. The average molecular weight is 591 g/mol. The second-order valence-electron chi connectivity index (χ2n) is 11.2. The lowest BCUT2D eigenvalue weighted by molar-refractivity contribution is -0.189. The monoisotopic (exact) mass is 590 g/mol. The van der Waals surface area contributed by atoms with Crippen LogP contribution in [0.1, 0.15) is 93.7 Å². The smallest absolute Gasteiger partial charge is 0.429 e. The fourth-order valence-corrected chi connectivity index (χ4v) is 6.45. The zero-order chi connectivity index (χ0) is 29.9. The molecule has 0 bridgehead atoms. The van der Waals surface area contributed by atoms with Gasteiger partial charge < -0.3 is 4.74 Å². The average Bonchev–Trinajstić information content (AvgIpc) is 2.87. The molecular weight excluding hydrogens is 559 g/mol. The third-order valence-corrected chi connectivity index (χ3v) is 8.44. The molecule has 0 aromatic heterocycles. The number of halogens is 9. The van der Waals surface area contributed by atoms with Crippen LogP contribution in [0.25, 0.3) is 0 Å². The highest BCUT2D eigenvalue weighted by Gasteiger charge is 2.42. The predicted octanol–water partition coefficient (Wildman–Crippen LogP) is 10.2. The van der Waals surface area contributed by atoms with Gasteiger partial charge in [-0.15, -0.1) is 0 Å². The van der Waals surface area contributed by atoms with E-state index in [1.54, 1.807) is 0 Å². The summed E-state index contributed by atoms with van der Waals surface area (Å²) in [6.07, 6.45) is 0.778. The maximum atomic E-state index is 14.9. The van der Waals surface area contributed by atoms with Crippen molar-refractivity contribution in [3.8, 4) is 17.6 Å². The summed E-state index contributed by atoms with van der Waals surface area (Å²) in [6.45, 7) is 2.20. The molecule has 2 saturated carbocycles. The first kappa shape index (κ1) is 31.1. The van der Waals surface area contributed by atoms with Crippen molar-refractivity contribution >= 4 is 0 Å². The Morgan fingerprint density at radius 3 is 1.73 bits per heavy atom. The highest BCUT2D eigenvalue weighted by atomic mass is 19.4. The fourth-order valence-electron chi connectivity index (χ4n) is 6.45. The summed E-state index contributed by atoms with van der Waals surface area (Å²) in [4.78, 5) is 0. The Balaban J connectivity index is 1.43. The number of hydrogen-bond acceptors (Lipinski definition) is 1. The van der Waals surface area contributed by atoms with Crippen molar-refractivity contribution in [2.24, 2.45) is 17.8 Å². The Labute approximate surface area is 233 Å². The molecule has 0 heterocycles. The summed E-state index contributed by atoms with van der Waals surface area (Å²) in [6, 6.07) is 2.01. The van der Waals surface area contributed by atoms with Crippen LogP contribution in [0.3, 0.4) is 0 Å². The first-order valence-corrected chi connectivity index (χ1v) is 13.9. The Morgan fingerprint density at radius 1 is 0.732 bits per heavy atom. The number of hydrogen-bond donors (Lipinski definition) is 0. The molecule has 0 spiro atoms. The van der Waals surface area contributed by atoms with E-state index in [0.717, 1.165) is 30.9 Å². The van der Waals surface area contributed by atoms with E-state index in [1.807, 2.05) is 0 Å². The molecule has 4 rings (SSSR count). The van der Waals surface area contributed by atoms with Crippen LogP contribution in [0.5, 0.6) is 5.75 Å². The standard InChI is InChI=1S/C31H31F9O/c1-2-3-18-4-6-19(7-5-18)20-8-10-21(11-9-20)22-14-27(34)29(28(35)15-22)31(39,40)41-23-16-25(32)24(26(33)17-23)12-13-30(36,37)38/h14-21H,2-11H2,1H3. The van der Waals surface area contributed by atoms with Crippen LogP contribution in [-0.2, 0) is 6.11 Å². The van der Waals surface area contributed by atoms with Gasteiger partial charge in [-0.25, -0.2) is 17.6 Å². The second kappa shape index (κ2) is 12.6. The molecule has 0 atom stereocenters. The summed E-state index contributed by atoms with van der Waals surface area (Å²) in [7, 11) is 0. The Bertz CT molecular complexity index is 1230. The van der Waals surface area contributed by atoms with Crippen LogP contribution >= 0.6 is 0 Å². The van der Waals surface area contributed by atoms with Gasteiger partial charge in [0.15, 0.2) is 0 Å². The molecule has 1 nitrogen and oxygen atoms in total. The quantitative estimate of drug-likeness (QED) is 0.230. The number of rotatable bonds is 7.